The minimum absolute atomic E-state index is 0.0853. The summed E-state index contributed by atoms with van der Waals surface area (Å²) < 4.78 is 11.4. The van der Waals surface area contributed by atoms with Gasteiger partial charge in [-0.3, -0.25) is 14.4 Å². The molecule has 162 valence electrons. The van der Waals surface area contributed by atoms with Crippen LogP contribution in [0.1, 0.15) is 53.9 Å². The molecule has 0 aliphatic carbocycles. The van der Waals surface area contributed by atoms with Crippen LogP contribution >= 0.6 is 11.8 Å². The van der Waals surface area contributed by atoms with Crippen molar-refractivity contribution in [3.8, 4) is 0 Å². The lowest BCUT2D eigenvalue weighted by Gasteiger charge is -2.44. The summed E-state index contributed by atoms with van der Waals surface area (Å²) in [4.78, 5) is 35.9. The molecule has 1 rings (SSSR count). The van der Waals surface area contributed by atoms with Crippen LogP contribution in [0.15, 0.2) is 0 Å². The zero-order valence-electron chi connectivity index (χ0n) is 17.5. The molecule has 1 fully saturated rings. The predicted octanol–water partition coefficient (Wildman–Crippen LogP) is 1.21. The van der Waals surface area contributed by atoms with Crippen LogP contribution in [0.2, 0.25) is 0 Å². The molecule has 0 spiro atoms. The highest BCUT2D eigenvalue weighted by Crippen LogP contribution is 2.34. The van der Waals surface area contributed by atoms with E-state index >= 15 is 0 Å². The maximum atomic E-state index is 12.4. The Morgan fingerprint density at radius 2 is 1.86 bits per heavy atom. The van der Waals surface area contributed by atoms with Crippen LogP contribution in [0.5, 0.6) is 0 Å². The Kier molecular flexibility index (Phi) is 9.89. The summed E-state index contributed by atoms with van der Waals surface area (Å²) in [5.41, 5.74) is -0.461. The van der Waals surface area contributed by atoms with Crippen molar-refractivity contribution in [1.82, 2.24) is 10.6 Å². The lowest BCUT2D eigenvalue weighted by atomic mass is 9.85. The smallest absolute Gasteiger partial charge is 0.249 e. The van der Waals surface area contributed by atoms with Gasteiger partial charge >= 0.3 is 0 Å². The first-order valence-electron chi connectivity index (χ1n) is 9.66. The summed E-state index contributed by atoms with van der Waals surface area (Å²) in [7, 11) is 0. The Morgan fingerprint density at radius 1 is 1.18 bits per heavy atom. The highest BCUT2D eigenvalue weighted by Gasteiger charge is 2.45. The molecule has 1 heterocycles. The number of carbonyl (C=O) groups excluding carboxylic acids is 3. The SMILES string of the molecule is CC[C@H](O)CC(=O)SCCNC(=O)CCNC(=O)[C@@H]1OC(C)(C)OCC1(C)C. The van der Waals surface area contributed by atoms with Crippen LogP contribution in [-0.2, 0) is 23.9 Å². The monoisotopic (exact) mass is 418 g/mol. The van der Waals surface area contributed by atoms with E-state index in [-0.39, 0.29) is 36.3 Å². The number of hydrogen-bond acceptors (Lipinski definition) is 7. The van der Waals surface area contributed by atoms with E-state index in [1.165, 1.54) is 0 Å². The third kappa shape index (κ3) is 8.89. The molecule has 9 heteroatoms. The van der Waals surface area contributed by atoms with E-state index in [0.29, 0.717) is 25.3 Å². The van der Waals surface area contributed by atoms with Gasteiger partial charge in [-0.25, -0.2) is 0 Å². The first-order chi connectivity index (χ1) is 13.0. The Bertz CT molecular complexity index is 553. The molecule has 1 aliphatic rings. The van der Waals surface area contributed by atoms with Crippen LogP contribution in [0.4, 0.5) is 0 Å². The molecule has 28 heavy (non-hydrogen) atoms. The van der Waals surface area contributed by atoms with Gasteiger partial charge in [-0.2, -0.15) is 0 Å². The normalized spacial score (nSPS) is 21.6. The number of amides is 2. The number of aliphatic hydroxyl groups is 1. The topological polar surface area (TPSA) is 114 Å². The van der Waals surface area contributed by atoms with Gasteiger partial charge in [-0.15, -0.1) is 0 Å². The number of aliphatic hydroxyl groups excluding tert-OH is 1. The molecule has 0 bridgehead atoms. The molecule has 2 atom stereocenters. The van der Waals surface area contributed by atoms with Gasteiger partial charge in [-0.05, 0) is 20.3 Å². The fourth-order valence-electron chi connectivity index (χ4n) is 2.55. The van der Waals surface area contributed by atoms with Crippen LogP contribution in [0.3, 0.4) is 0 Å². The van der Waals surface area contributed by atoms with Gasteiger partial charge in [-0.1, -0.05) is 32.5 Å². The van der Waals surface area contributed by atoms with E-state index in [4.69, 9.17) is 9.47 Å². The fraction of sp³-hybridized carbons (Fsp3) is 0.842. The Balaban J connectivity index is 2.23. The van der Waals surface area contributed by atoms with Crippen molar-refractivity contribution < 1.29 is 29.0 Å². The number of carbonyl (C=O) groups is 3. The molecule has 1 saturated heterocycles. The molecular weight excluding hydrogens is 384 g/mol. The maximum Gasteiger partial charge on any atom is 0.249 e. The van der Waals surface area contributed by atoms with Crippen molar-refractivity contribution >= 4 is 28.7 Å². The summed E-state index contributed by atoms with van der Waals surface area (Å²) in [5, 5.41) is 14.8. The second-order valence-electron chi connectivity index (χ2n) is 8.05. The number of hydrogen-bond donors (Lipinski definition) is 3. The molecule has 0 radical (unpaired) electrons. The van der Waals surface area contributed by atoms with Gasteiger partial charge in [0.05, 0.1) is 12.7 Å². The average molecular weight is 419 g/mol. The van der Waals surface area contributed by atoms with Crippen molar-refractivity contribution in [2.24, 2.45) is 5.41 Å². The Hall–Kier alpha value is -1.16. The van der Waals surface area contributed by atoms with Gasteiger partial charge in [0.1, 0.15) is 6.10 Å². The minimum Gasteiger partial charge on any atom is -0.393 e. The molecule has 0 saturated carbocycles. The van der Waals surface area contributed by atoms with E-state index in [0.717, 1.165) is 11.8 Å². The number of thioether (sulfide) groups is 1. The third-order valence-electron chi connectivity index (χ3n) is 4.35. The second-order valence-corrected chi connectivity index (χ2v) is 9.20. The van der Waals surface area contributed by atoms with Crippen molar-refractivity contribution in [3.05, 3.63) is 0 Å². The summed E-state index contributed by atoms with van der Waals surface area (Å²) in [5.74, 6) is -0.830. The quantitative estimate of drug-likeness (QED) is 0.457. The van der Waals surface area contributed by atoms with Crippen molar-refractivity contribution in [2.75, 3.05) is 25.4 Å². The highest BCUT2D eigenvalue weighted by atomic mass is 32.2. The van der Waals surface area contributed by atoms with Crippen molar-refractivity contribution in [2.45, 2.75) is 71.9 Å². The molecule has 0 unspecified atom stereocenters. The van der Waals surface area contributed by atoms with Gasteiger partial charge < -0.3 is 25.2 Å². The molecule has 8 nitrogen and oxygen atoms in total. The number of rotatable bonds is 10. The number of nitrogens with one attached hydrogen (secondary N) is 2. The molecule has 2 amide bonds. The van der Waals surface area contributed by atoms with Crippen molar-refractivity contribution in [1.29, 1.82) is 0 Å². The predicted molar refractivity (Wildman–Crippen MR) is 108 cm³/mol. The fourth-order valence-corrected chi connectivity index (χ4v) is 3.29. The Labute approximate surface area is 171 Å². The van der Waals surface area contributed by atoms with E-state index in [9.17, 15) is 19.5 Å². The molecule has 0 aromatic heterocycles. The summed E-state index contributed by atoms with van der Waals surface area (Å²) in [6, 6.07) is 0. The molecule has 1 aliphatic heterocycles. The lowest BCUT2D eigenvalue weighted by molar-refractivity contribution is -0.304. The zero-order chi connectivity index (χ0) is 21.4. The third-order valence-corrected chi connectivity index (χ3v) is 5.25. The standard InChI is InChI=1S/C19H34N2O6S/c1-6-13(22)11-15(24)28-10-9-20-14(23)7-8-21-17(25)16-18(2,3)12-26-19(4,5)27-16/h13,16,22H,6-12H2,1-5H3,(H,20,23)(H,21,25)/t13-,16-/m0/s1. The molecule has 0 aromatic carbocycles. The zero-order valence-corrected chi connectivity index (χ0v) is 18.3. The van der Waals surface area contributed by atoms with E-state index < -0.39 is 23.4 Å². The van der Waals surface area contributed by atoms with Gasteiger partial charge in [0.25, 0.3) is 0 Å². The second kappa shape index (κ2) is 11.1. The highest BCUT2D eigenvalue weighted by molar-refractivity contribution is 8.13. The lowest BCUT2D eigenvalue weighted by Crippen LogP contribution is -2.56. The summed E-state index contributed by atoms with van der Waals surface area (Å²) in [6.45, 7) is 10.1. The van der Waals surface area contributed by atoms with E-state index in [1.54, 1.807) is 13.8 Å². The Morgan fingerprint density at radius 3 is 2.50 bits per heavy atom. The summed E-state index contributed by atoms with van der Waals surface area (Å²) in [6.07, 6.45) is -0.440. The van der Waals surface area contributed by atoms with Crippen molar-refractivity contribution in [3.63, 3.8) is 0 Å². The maximum absolute atomic E-state index is 12.4. The van der Waals surface area contributed by atoms with Crippen LogP contribution in [0.25, 0.3) is 0 Å². The van der Waals surface area contributed by atoms with Crippen LogP contribution in [0, 0.1) is 5.41 Å². The molecule has 3 N–H and O–H groups in total. The average Bonchev–Trinajstić information content (AvgIpc) is 2.60. The van der Waals surface area contributed by atoms with Crippen LogP contribution < -0.4 is 10.6 Å². The van der Waals surface area contributed by atoms with E-state index in [1.807, 2.05) is 20.8 Å². The first kappa shape index (κ1) is 24.9. The molecule has 0 aromatic rings. The van der Waals surface area contributed by atoms with Crippen LogP contribution in [-0.4, -0.2) is 65.5 Å². The first-order valence-corrected chi connectivity index (χ1v) is 10.7. The van der Waals surface area contributed by atoms with Gasteiger partial charge in [0.2, 0.25) is 11.8 Å². The number of ether oxygens (including phenoxy) is 2. The van der Waals surface area contributed by atoms with E-state index in [2.05, 4.69) is 10.6 Å². The molecular formula is C19H34N2O6S. The van der Waals surface area contributed by atoms with Gasteiger partial charge in [0.15, 0.2) is 10.9 Å². The minimum atomic E-state index is -0.822. The van der Waals surface area contributed by atoms with Gasteiger partial charge in [0, 0.05) is 37.1 Å². The largest absolute Gasteiger partial charge is 0.393 e. The summed E-state index contributed by atoms with van der Waals surface area (Å²) >= 11 is 1.10.